The van der Waals surface area contributed by atoms with Crippen LogP contribution in [0.3, 0.4) is 0 Å². The number of hydrogen-bond donors (Lipinski definition) is 0. The monoisotopic (exact) mass is 445 g/mol. The van der Waals surface area contributed by atoms with Gasteiger partial charge in [0.05, 0.1) is 20.1 Å². The van der Waals surface area contributed by atoms with Crippen LogP contribution < -0.4 is 12.4 Å². The lowest BCUT2D eigenvalue weighted by Crippen LogP contribution is -3.00. The van der Waals surface area contributed by atoms with E-state index in [2.05, 4.69) is 34.5 Å². The van der Waals surface area contributed by atoms with E-state index in [1.807, 2.05) is 0 Å². The third-order valence-electron chi connectivity index (χ3n) is 6.50. The topological polar surface area (TPSA) is 26.3 Å². The molecule has 0 aliphatic heterocycles. The molecule has 0 aliphatic rings. The third-order valence-corrected chi connectivity index (χ3v) is 6.50. The van der Waals surface area contributed by atoms with Crippen molar-refractivity contribution in [1.82, 2.24) is 0 Å². The molecule has 0 bridgehead atoms. The molecule has 0 amide bonds. The number of rotatable bonds is 21. The first-order valence-corrected chi connectivity index (χ1v) is 12.6. The standard InChI is InChI=1S/C26H52NO2.ClH/c1-6-8-9-10-11-12-13-14-15-16-17-18-19-20-21-22-25(3)27(4,5)23-24-29-26(28)7-2;/h7,25H,2,6,8-24H2,1,3-5H3;1H/q+1;/p-1. The Labute approximate surface area is 195 Å². The van der Waals surface area contributed by atoms with E-state index in [1.54, 1.807) is 0 Å². The lowest BCUT2D eigenvalue weighted by molar-refractivity contribution is -0.913. The second-order valence-corrected chi connectivity index (χ2v) is 9.46. The van der Waals surface area contributed by atoms with Crippen molar-refractivity contribution in [2.24, 2.45) is 0 Å². The number of likely N-dealkylation sites (N-methyl/N-ethyl adjacent to an activating group) is 1. The van der Waals surface area contributed by atoms with Gasteiger partial charge >= 0.3 is 5.97 Å². The molecule has 4 heteroatoms. The molecule has 30 heavy (non-hydrogen) atoms. The molecular weight excluding hydrogens is 394 g/mol. The highest BCUT2D eigenvalue weighted by Gasteiger charge is 2.23. The van der Waals surface area contributed by atoms with Crippen molar-refractivity contribution in [2.45, 2.75) is 123 Å². The summed E-state index contributed by atoms with van der Waals surface area (Å²) in [6.07, 6.45) is 23.7. The molecule has 1 unspecified atom stereocenters. The van der Waals surface area contributed by atoms with E-state index in [1.165, 1.54) is 109 Å². The van der Waals surface area contributed by atoms with Crippen LogP contribution in [0.1, 0.15) is 117 Å². The minimum absolute atomic E-state index is 0. The Morgan fingerprint density at radius 2 is 1.23 bits per heavy atom. The van der Waals surface area contributed by atoms with Crippen LogP contribution in [0.4, 0.5) is 0 Å². The zero-order valence-electron chi connectivity index (χ0n) is 20.7. The number of hydrogen-bond acceptors (Lipinski definition) is 2. The minimum atomic E-state index is -0.319. The van der Waals surface area contributed by atoms with Crippen molar-refractivity contribution in [1.29, 1.82) is 0 Å². The molecule has 0 aromatic rings. The lowest BCUT2D eigenvalue weighted by Gasteiger charge is -2.36. The van der Waals surface area contributed by atoms with Gasteiger partial charge in [0.2, 0.25) is 0 Å². The molecule has 0 N–H and O–H groups in total. The van der Waals surface area contributed by atoms with E-state index in [0.717, 1.165) is 11.0 Å². The van der Waals surface area contributed by atoms with Gasteiger partial charge in [-0.25, -0.2) is 4.79 Å². The first kappa shape index (κ1) is 31.6. The number of carbonyl (C=O) groups is 1. The Bertz CT molecular complexity index is 398. The fraction of sp³-hybridized carbons (Fsp3) is 0.885. The summed E-state index contributed by atoms with van der Waals surface area (Å²) in [6, 6.07) is 0.597. The van der Waals surface area contributed by atoms with Gasteiger partial charge < -0.3 is 21.6 Å². The lowest BCUT2D eigenvalue weighted by atomic mass is 10.0. The Morgan fingerprint density at radius 3 is 1.63 bits per heavy atom. The van der Waals surface area contributed by atoms with Crippen LogP contribution in [0.25, 0.3) is 0 Å². The van der Waals surface area contributed by atoms with Gasteiger partial charge in [0.15, 0.2) is 0 Å². The molecule has 0 saturated carbocycles. The van der Waals surface area contributed by atoms with Crippen LogP contribution in [0.2, 0.25) is 0 Å². The summed E-state index contributed by atoms with van der Waals surface area (Å²) in [4.78, 5) is 11.1. The average Bonchev–Trinajstić information content (AvgIpc) is 2.70. The maximum atomic E-state index is 11.1. The zero-order chi connectivity index (χ0) is 21.8. The summed E-state index contributed by atoms with van der Waals surface area (Å²) < 4.78 is 6.04. The minimum Gasteiger partial charge on any atom is -1.00 e. The first-order chi connectivity index (χ1) is 13.9. The summed E-state index contributed by atoms with van der Waals surface area (Å²) in [5.41, 5.74) is 0. The number of unbranched alkanes of at least 4 members (excludes halogenated alkanes) is 14. The van der Waals surface area contributed by atoms with Gasteiger partial charge in [0, 0.05) is 6.08 Å². The van der Waals surface area contributed by atoms with Gasteiger partial charge in [-0.1, -0.05) is 103 Å². The van der Waals surface area contributed by atoms with E-state index in [9.17, 15) is 4.79 Å². The molecule has 180 valence electrons. The zero-order valence-corrected chi connectivity index (χ0v) is 21.5. The molecule has 0 aliphatic carbocycles. The molecule has 0 heterocycles. The molecule has 1 atom stereocenters. The van der Waals surface area contributed by atoms with Crippen LogP contribution in [0.5, 0.6) is 0 Å². The number of quaternary nitrogens is 1. The van der Waals surface area contributed by atoms with Gasteiger partial charge in [-0.15, -0.1) is 0 Å². The summed E-state index contributed by atoms with van der Waals surface area (Å²) >= 11 is 0. The van der Waals surface area contributed by atoms with Crippen molar-refractivity contribution >= 4 is 5.97 Å². The molecular formula is C26H52ClNO2. The fourth-order valence-corrected chi connectivity index (χ4v) is 3.82. The predicted molar refractivity (Wildman–Crippen MR) is 127 cm³/mol. The normalized spacial score (nSPS) is 12.3. The van der Waals surface area contributed by atoms with Crippen molar-refractivity contribution in [3.8, 4) is 0 Å². The second-order valence-electron chi connectivity index (χ2n) is 9.46. The van der Waals surface area contributed by atoms with Crippen LogP contribution in [-0.4, -0.2) is 43.7 Å². The molecule has 0 radical (unpaired) electrons. The molecule has 0 aromatic carbocycles. The quantitative estimate of drug-likeness (QED) is 0.113. The summed E-state index contributed by atoms with van der Waals surface area (Å²) in [7, 11) is 4.47. The molecule has 0 fully saturated rings. The van der Waals surface area contributed by atoms with Gasteiger partial charge in [0.25, 0.3) is 0 Å². The first-order valence-electron chi connectivity index (χ1n) is 12.6. The molecule has 0 saturated heterocycles. The highest BCUT2D eigenvalue weighted by molar-refractivity contribution is 5.81. The second kappa shape index (κ2) is 21.7. The van der Waals surface area contributed by atoms with E-state index >= 15 is 0 Å². The summed E-state index contributed by atoms with van der Waals surface area (Å²) in [5, 5.41) is 0. The van der Waals surface area contributed by atoms with Crippen LogP contribution in [0.15, 0.2) is 12.7 Å². The van der Waals surface area contributed by atoms with Gasteiger partial charge in [-0.3, -0.25) is 0 Å². The number of nitrogens with zero attached hydrogens (tertiary/aromatic N) is 1. The van der Waals surface area contributed by atoms with Crippen molar-refractivity contribution in [3.05, 3.63) is 12.7 Å². The third kappa shape index (κ3) is 19.4. The highest BCUT2D eigenvalue weighted by atomic mass is 35.5. The van der Waals surface area contributed by atoms with Crippen molar-refractivity contribution < 1.29 is 26.4 Å². The smallest absolute Gasteiger partial charge is 0.330 e. The van der Waals surface area contributed by atoms with E-state index in [-0.39, 0.29) is 18.4 Å². The Hall–Kier alpha value is -0.540. The van der Waals surface area contributed by atoms with Crippen LogP contribution in [0, 0.1) is 0 Å². The molecule has 0 aromatic heterocycles. The molecule has 3 nitrogen and oxygen atoms in total. The largest absolute Gasteiger partial charge is 1.00 e. The van der Waals surface area contributed by atoms with Gasteiger partial charge in [0.1, 0.15) is 13.2 Å². The Morgan fingerprint density at radius 1 is 0.833 bits per heavy atom. The maximum absolute atomic E-state index is 11.1. The van der Waals surface area contributed by atoms with Gasteiger partial charge in [-0.05, 0) is 19.8 Å². The van der Waals surface area contributed by atoms with Gasteiger partial charge in [-0.2, -0.15) is 0 Å². The Balaban J connectivity index is 0. The SMILES string of the molecule is C=CC(=O)OCC[N+](C)(C)C(C)CCCCCCCCCCCCCCCCC.[Cl-]. The highest BCUT2D eigenvalue weighted by Crippen LogP contribution is 2.17. The molecule has 0 rings (SSSR count). The Kier molecular flexibility index (Phi) is 22.9. The number of carbonyl (C=O) groups excluding carboxylic acids is 1. The number of ether oxygens (including phenoxy) is 1. The summed E-state index contributed by atoms with van der Waals surface area (Å²) in [5.74, 6) is -0.319. The van der Waals surface area contributed by atoms with Crippen LogP contribution >= 0.6 is 0 Å². The van der Waals surface area contributed by atoms with E-state index in [4.69, 9.17) is 4.74 Å². The number of esters is 1. The molecule has 0 spiro atoms. The van der Waals surface area contributed by atoms with Crippen molar-refractivity contribution in [3.63, 3.8) is 0 Å². The maximum Gasteiger partial charge on any atom is 0.330 e. The fourth-order valence-electron chi connectivity index (χ4n) is 3.82. The van der Waals surface area contributed by atoms with Crippen LogP contribution in [-0.2, 0) is 9.53 Å². The van der Waals surface area contributed by atoms with E-state index in [0.29, 0.717) is 12.6 Å². The van der Waals surface area contributed by atoms with Crippen molar-refractivity contribution in [2.75, 3.05) is 27.2 Å². The predicted octanol–water partition coefficient (Wildman–Crippen LogP) is 4.45. The van der Waals surface area contributed by atoms with E-state index < -0.39 is 0 Å². The average molecular weight is 446 g/mol. The summed E-state index contributed by atoms with van der Waals surface area (Å²) in [6.45, 7) is 9.37. The number of halogens is 1.